The van der Waals surface area contributed by atoms with Crippen LogP contribution in [0.4, 0.5) is 4.79 Å². The van der Waals surface area contributed by atoms with Gasteiger partial charge < -0.3 is 20.8 Å². The minimum absolute atomic E-state index is 0.137. The first-order valence-corrected chi connectivity index (χ1v) is 6.16. The van der Waals surface area contributed by atoms with Crippen molar-refractivity contribution in [1.29, 1.82) is 0 Å². The molecule has 0 bridgehead atoms. The molecule has 8 heteroatoms. The molecule has 1 rings (SSSR count). The van der Waals surface area contributed by atoms with E-state index in [2.05, 4.69) is 15.6 Å². The first kappa shape index (κ1) is 14.4. The van der Waals surface area contributed by atoms with Gasteiger partial charge in [0, 0.05) is 11.9 Å². The quantitative estimate of drug-likeness (QED) is 0.590. The van der Waals surface area contributed by atoms with Crippen LogP contribution < -0.4 is 10.6 Å². The number of carbonyl (C=O) groups is 2. The summed E-state index contributed by atoms with van der Waals surface area (Å²) in [7, 11) is 0. The summed E-state index contributed by atoms with van der Waals surface area (Å²) < 4.78 is 0. The fraction of sp³-hybridized carbons (Fsp3) is 0.500. The highest BCUT2D eigenvalue weighted by Crippen LogP contribution is 2.07. The lowest BCUT2D eigenvalue weighted by Crippen LogP contribution is -2.45. The van der Waals surface area contributed by atoms with Gasteiger partial charge in [-0.1, -0.05) is 0 Å². The number of aliphatic carboxylic acids is 1. The van der Waals surface area contributed by atoms with E-state index in [1.165, 1.54) is 18.3 Å². The first-order valence-electron chi connectivity index (χ1n) is 5.22. The van der Waals surface area contributed by atoms with Gasteiger partial charge in [-0.2, -0.15) is 0 Å². The van der Waals surface area contributed by atoms with Crippen molar-refractivity contribution in [2.75, 3.05) is 6.54 Å². The molecule has 0 radical (unpaired) electrons. The maximum Gasteiger partial charge on any atom is 0.315 e. The summed E-state index contributed by atoms with van der Waals surface area (Å²) in [5.41, 5.74) is 0.934. The highest BCUT2D eigenvalue weighted by molar-refractivity contribution is 7.07. The Kier molecular flexibility index (Phi) is 5.05. The molecule has 18 heavy (non-hydrogen) atoms. The van der Waals surface area contributed by atoms with Gasteiger partial charge in [-0.25, -0.2) is 9.78 Å². The van der Waals surface area contributed by atoms with Gasteiger partial charge in [0.1, 0.15) is 0 Å². The number of rotatable bonds is 6. The minimum Gasteiger partial charge on any atom is -0.481 e. The molecule has 7 nitrogen and oxygen atoms in total. The van der Waals surface area contributed by atoms with Gasteiger partial charge in [0.2, 0.25) is 0 Å². The van der Waals surface area contributed by atoms with Crippen LogP contribution in [0.15, 0.2) is 10.9 Å². The Morgan fingerprint density at radius 3 is 2.78 bits per heavy atom. The Labute approximate surface area is 108 Å². The van der Waals surface area contributed by atoms with E-state index >= 15 is 0 Å². The topological polar surface area (TPSA) is 112 Å². The maximum atomic E-state index is 11.4. The normalized spacial score (nSPS) is 13.7. The van der Waals surface area contributed by atoms with Crippen LogP contribution in [0.2, 0.25) is 0 Å². The predicted octanol–water partition coefficient (Wildman–Crippen LogP) is 0.168. The van der Waals surface area contributed by atoms with Crippen molar-refractivity contribution in [3.63, 3.8) is 0 Å². The van der Waals surface area contributed by atoms with Crippen molar-refractivity contribution in [2.24, 2.45) is 0 Å². The Morgan fingerprint density at radius 1 is 1.50 bits per heavy atom. The second-order valence-corrected chi connectivity index (χ2v) is 4.80. The standard InChI is InChI=1S/C10H15N3O4S/c1-10(17,2-8(14)15)5-12-9(16)11-3-7-4-18-6-13-7/h4,6,17H,2-3,5H2,1H3,(H,14,15)(H2,11,12,16). The Hall–Kier alpha value is -1.67. The number of aromatic nitrogens is 1. The maximum absolute atomic E-state index is 11.4. The van der Waals surface area contributed by atoms with E-state index in [0.717, 1.165) is 5.69 Å². The summed E-state index contributed by atoms with van der Waals surface area (Å²) in [6.07, 6.45) is -0.431. The van der Waals surface area contributed by atoms with Crippen LogP contribution >= 0.6 is 11.3 Å². The van der Waals surface area contributed by atoms with Crippen molar-refractivity contribution >= 4 is 23.3 Å². The van der Waals surface area contributed by atoms with E-state index in [0.29, 0.717) is 0 Å². The highest BCUT2D eigenvalue weighted by atomic mass is 32.1. The Morgan fingerprint density at radius 2 is 2.22 bits per heavy atom. The molecular weight excluding hydrogens is 258 g/mol. The van der Waals surface area contributed by atoms with E-state index in [1.54, 1.807) is 10.9 Å². The van der Waals surface area contributed by atoms with Gasteiger partial charge in [0.05, 0.1) is 29.8 Å². The van der Waals surface area contributed by atoms with Crippen molar-refractivity contribution < 1.29 is 19.8 Å². The van der Waals surface area contributed by atoms with Crippen LogP contribution in [0.5, 0.6) is 0 Å². The zero-order valence-corrected chi connectivity index (χ0v) is 10.7. The molecule has 1 aromatic heterocycles. The third-order valence-corrected chi connectivity index (χ3v) is 2.71. The lowest BCUT2D eigenvalue weighted by molar-refractivity contribution is -0.141. The molecule has 2 amide bonds. The van der Waals surface area contributed by atoms with Crippen LogP contribution in [0.1, 0.15) is 19.0 Å². The summed E-state index contributed by atoms with van der Waals surface area (Å²) in [6, 6.07) is -0.478. The molecule has 0 aromatic carbocycles. The summed E-state index contributed by atoms with van der Waals surface area (Å²) in [6.45, 7) is 1.50. The molecule has 100 valence electrons. The second-order valence-electron chi connectivity index (χ2n) is 4.08. The third-order valence-electron chi connectivity index (χ3n) is 2.08. The van der Waals surface area contributed by atoms with Crippen molar-refractivity contribution in [2.45, 2.75) is 25.5 Å². The molecule has 1 aromatic rings. The van der Waals surface area contributed by atoms with E-state index in [9.17, 15) is 14.7 Å². The molecule has 1 unspecified atom stereocenters. The lowest BCUT2D eigenvalue weighted by atomic mass is 10.0. The fourth-order valence-corrected chi connectivity index (χ4v) is 1.78. The molecule has 0 aliphatic heterocycles. The van der Waals surface area contributed by atoms with E-state index in [-0.39, 0.29) is 13.1 Å². The van der Waals surface area contributed by atoms with E-state index in [4.69, 9.17) is 5.11 Å². The van der Waals surface area contributed by atoms with E-state index in [1.807, 2.05) is 0 Å². The van der Waals surface area contributed by atoms with Crippen molar-refractivity contribution in [1.82, 2.24) is 15.6 Å². The van der Waals surface area contributed by atoms with Gasteiger partial charge in [0.25, 0.3) is 0 Å². The third kappa shape index (κ3) is 5.60. The minimum atomic E-state index is -1.47. The molecule has 0 aliphatic carbocycles. The number of carboxylic acids is 1. The van der Waals surface area contributed by atoms with Crippen LogP contribution in [-0.4, -0.2) is 39.3 Å². The van der Waals surface area contributed by atoms with Gasteiger partial charge >= 0.3 is 12.0 Å². The molecule has 0 aliphatic rings. The monoisotopic (exact) mass is 273 g/mol. The fourth-order valence-electron chi connectivity index (χ4n) is 1.22. The zero-order valence-electron chi connectivity index (χ0n) is 9.84. The molecule has 0 fully saturated rings. The van der Waals surface area contributed by atoms with Gasteiger partial charge in [-0.3, -0.25) is 4.79 Å². The number of carboxylic acid groups (broad SMARTS) is 1. The summed E-state index contributed by atoms with van der Waals surface area (Å²) in [5.74, 6) is -1.12. The number of thiazole rings is 1. The van der Waals surface area contributed by atoms with Gasteiger partial charge in [-0.05, 0) is 6.92 Å². The van der Waals surface area contributed by atoms with Crippen LogP contribution in [0, 0.1) is 0 Å². The number of nitrogens with one attached hydrogen (secondary N) is 2. The van der Waals surface area contributed by atoms with Gasteiger partial charge in [-0.15, -0.1) is 11.3 Å². The number of hydrogen-bond acceptors (Lipinski definition) is 5. The summed E-state index contributed by atoms with van der Waals surface area (Å²) >= 11 is 1.43. The molecule has 4 N–H and O–H groups in total. The molecule has 1 atom stereocenters. The number of urea groups is 1. The molecule has 0 spiro atoms. The SMILES string of the molecule is CC(O)(CNC(=O)NCc1cscn1)CC(=O)O. The van der Waals surface area contributed by atoms with Crippen LogP contribution in [0.25, 0.3) is 0 Å². The van der Waals surface area contributed by atoms with Crippen molar-refractivity contribution in [3.8, 4) is 0 Å². The van der Waals surface area contributed by atoms with Crippen molar-refractivity contribution in [3.05, 3.63) is 16.6 Å². The zero-order chi connectivity index (χ0) is 13.6. The molecule has 0 saturated heterocycles. The molecule has 0 saturated carbocycles. The number of hydrogen-bond donors (Lipinski definition) is 4. The predicted molar refractivity (Wildman–Crippen MR) is 65.2 cm³/mol. The Balaban J connectivity index is 2.26. The number of aliphatic hydroxyl groups is 1. The van der Waals surface area contributed by atoms with E-state index < -0.39 is 24.0 Å². The average molecular weight is 273 g/mol. The average Bonchev–Trinajstić information content (AvgIpc) is 2.74. The highest BCUT2D eigenvalue weighted by Gasteiger charge is 2.24. The largest absolute Gasteiger partial charge is 0.481 e. The number of carbonyl (C=O) groups excluding carboxylic acids is 1. The summed E-state index contributed by atoms with van der Waals surface area (Å²) in [5, 5.41) is 25.0. The first-order chi connectivity index (χ1) is 8.39. The summed E-state index contributed by atoms with van der Waals surface area (Å²) in [4.78, 5) is 25.8. The molecule has 1 heterocycles. The Bertz CT molecular complexity index is 405. The smallest absolute Gasteiger partial charge is 0.315 e. The van der Waals surface area contributed by atoms with Crippen LogP contribution in [0.3, 0.4) is 0 Å². The number of amides is 2. The molecular formula is C10H15N3O4S. The van der Waals surface area contributed by atoms with Crippen LogP contribution in [-0.2, 0) is 11.3 Å². The second kappa shape index (κ2) is 6.31. The number of nitrogens with zero attached hydrogens (tertiary/aromatic N) is 1. The van der Waals surface area contributed by atoms with Gasteiger partial charge in [0.15, 0.2) is 0 Å². The lowest BCUT2D eigenvalue weighted by Gasteiger charge is -2.21.